The number of aromatic nitrogens is 2. The molecule has 10 nitrogen and oxygen atoms in total. The molecule has 1 aliphatic heterocycles. The Morgan fingerprint density at radius 3 is 2.58 bits per heavy atom. The van der Waals surface area contributed by atoms with E-state index in [9.17, 15) is 22.8 Å². The number of nitrogens with one attached hydrogen (secondary N) is 1. The standard InChI is InChI=1S/C22H27N5O5S/c1-3-26(4-2)19(28)12-8-14-24-21(30)16-9-7-10-17(25-16)22-27(18-11-5-6-13-23-18)20(29)15-33(22,31)32/h5-7,9-11,13,22H,3-4,8,12,14-15H2,1-2H3,(H,24,30). The summed E-state index contributed by atoms with van der Waals surface area (Å²) in [7, 11) is -3.87. The smallest absolute Gasteiger partial charge is 0.269 e. The molecule has 176 valence electrons. The quantitative estimate of drug-likeness (QED) is 0.544. The van der Waals surface area contributed by atoms with Gasteiger partial charge >= 0.3 is 0 Å². The molecular formula is C22H27N5O5S. The molecule has 0 saturated carbocycles. The van der Waals surface area contributed by atoms with Crippen molar-refractivity contribution in [2.45, 2.75) is 32.1 Å². The maximum atomic E-state index is 12.8. The molecule has 1 unspecified atom stereocenters. The van der Waals surface area contributed by atoms with E-state index in [-0.39, 0.29) is 29.7 Å². The molecule has 2 aromatic heterocycles. The lowest BCUT2D eigenvalue weighted by Crippen LogP contribution is -2.32. The molecule has 33 heavy (non-hydrogen) atoms. The first kappa shape index (κ1) is 24.3. The van der Waals surface area contributed by atoms with Crippen LogP contribution in [-0.4, -0.2) is 66.4 Å². The minimum atomic E-state index is -3.87. The van der Waals surface area contributed by atoms with Crippen LogP contribution in [0.4, 0.5) is 5.82 Å². The number of carbonyl (C=O) groups is 3. The molecule has 1 fully saturated rings. The van der Waals surface area contributed by atoms with Crippen molar-refractivity contribution in [1.29, 1.82) is 0 Å². The number of rotatable bonds is 9. The van der Waals surface area contributed by atoms with Crippen molar-refractivity contribution in [3.63, 3.8) is 0 Å². The molecule has 11 heteroatoms. The van der Waals surface area contributed by atoms with Gasteiger partial charge in [0.25, 0.3) is 5.91 Å². The summed E-state index contributed by atoms with van der Waals surface area (Å²) in [5.74, 6) is -1.53. The van der Waals surface area contributed by atoms with Crippen LogP contribution in [0.25, 0.3) is 0 Å². The van der Waals surface area contributed by atoms with Gasteiger partial charge in [0.05, 0.1) is 5.69 Å². The van der Waals surface area contributed by atoms with Crippen LogP contribution in [0.3, 0.4) is 0 Å². The van der Waals surface area contributed by atoms with Gasteiger partial charge in [-0.1, -0.05) is 12.1 Å². The Morgan fingerprint density at radius 2 is 1.91 bits per heavy atom. The molecule has 2 aromatic rings. The minimum absolute atomic E-state index is 0.0260. The number of amides is 3. The number of anilines is 1. The number of hydrogen-bond donors (Lipinski definition) is 1. The van der Waals surface area contributed by atoms with Gasteiger partial charge in [-0.25, -0.2) is 18.4 Å². The Balaban J connectivity index is 1.72. The van der Waals surface area contributed by atoms with Gasteiger partial charge < -0.3 is 10.2 Å². The van der Waals surface area contributed by atoms with E-state index in [1.54, 1.807) is 23.1 Å². The maximum Gasteiger partial charge on any atom is 0.269 e. The molecule has 3 amide bonds. The number of nitrogens with zero attached hydrogens (tertiary/aromatic N) is 4. The zero-order valence-electron chi connectivity index (χ0n) is 18.6. The second-order valence-corrected chi connectivity index (χ2v) is 9.55. The predicted molar refractivity (Wildman–Crippen MR) is 122 cm³/mol. The van der Waals surface area contributed by atoms with Crippen LogP contribution in [0.15, 0.2) is 42.6 Å². The van der Waals surface area contributed by atoms with Crippen LogP contribution in [0, 0.1) is 0 Å². The fourth-order valence-corrected chi connectivity index (χ4v) is 5.34. The zero-order valence-corrected chi connectivity index (χ0v) is 19.4. The van der Waals surface area contributed by atoms with Crippen molar-refractivity contribution in [2.24, 2.45) is 0 Å². The van der Waals surface area contributed by atoms with Crippen LogP contribution < -0.4 is 10.2 Å². The van der Waals surface area contributed by atoms with E-state index in [0.717, 1.165) is 4.90 Å². The van der Waals surface area contributed by atoms with Crippen molar-refractivity contribution in [3.8, 4) is 0 Å². The van der Waals surface area contributed by atoms with Gasteiger partial charge in [0.15, 0.2) is 15.2 Å². The third kappa shape index (κ3) is 5.54. The molecule has 0 aromatic carbocycles. The second kappa shape index (κ2) is 10.5. The summed E-state index contributed by atoms with van der Waals surface area (Å²) in [5, 5.41) is 1.34. The molecule has 0 bridgehead atoms. The van der Waals surface area contributed by atoms with Gasteiger partial charge in [0.2, 0.25) is 11.8 Å². The normalized spacial score (nSPS) is 17.1. The Kier molecular flexibility index (Phi) is 7.75. The first-order valence-corrected chi connectivity index (χ1v) is 12.5. The highest BCUT2D eigenvalue weighted by atomic mass is 32.2. The molecule has 3 heterocycles. The summed E-state index contributed by atoms with van der Waals surface area (Å²) in [6, 6.07) is 9.31. The molecule has 0 spiro atoms. The number of hydrogen-bond acceptors (Lipinski definition) is 7. The van der Waals surface area contributed by atoms with Gasteiger partial charge in [-0.2, -0.15) is 0 Å². The largest absolute Gasteiger partial charge is 0.351 e. The number of sulfone groups is 1. The number of carbonyl (C=O) groups excluding carboxylic acids is 3. The molecule has 1 aliphatic rings. The van der Waals surface area contributed by atoms with E-state index in [1.165, 1.54) is 24.4 Å². The van der Waals surface area contributed by atoms with Crippen molar-refractivity contribution in [1.82, 2.24) is 20.2 Å². The van der Waals surface area contributed by atoms with E-state index in [4.69, 9.17) is 0 Å². The summed E-state index contributed by atoms with van der Waals surface area (Å²) in [6.45, 7) is 5.38. The molecule has 3 rings (SSSR count). The van der Waals surface area contributed by atoms with Crippen LogP contribution >= 0.6 is 0 Å². The zero-order chi connectivity index (χ0) is 24.0. The third-order valence-corrected chi connectivity index (χ3v) is 7.07. The minimum Gasteiger partial charge on any atom is -0.351 e. The number of pyridine rings is 2. The van der Waals surface area contributed by atoms with E-state index in [1.807, 2.05) is 13.8 Å². The van der Waals surface area contributed by atoms with Crippen molar-refractivity contribution in [3.05, 3.63) is 54.0 Å². The Morgan fingerprint density at radius 1 is 1.15 bits per heavy atom. The summed E-state index contributed by atoms with van der Waals surface area (Å²) in [4.78, 5) is 48.3. The highest BCUT2D eigenvalue weighted by Gasteiger charge is 2.47. The fraction of sp³-hybridized carbons (Fsp3) is 0.409. The monoisotopic (exact) mass is 473 g/mol. The topological polar surface area (TPSA) is 130 Å². The van der Waals surface area contributed by atoms with Gasteiger partial charge in [0, 0.05) is 32.3 Å². The molecule has 0 aliphatic carbocycles. The van der Waals surface area contributed by atoms with Gasteiger partial charge in [-0.3, -0.25) is 19.3 Å². The van der Waals surface area contributed by atoms with Crippen LogP contribution in [0.5, 0.6) is 0 Å². The van der Waals surface area contributed by atoms with Crippen LogP contribution in [0.2, 0.25) is 0 Å². The molecule has 0 radical (unpaired) electrons. The summed E-state index contributed by atoms with van der Waals surface area (Å²) in [5.41, 5.74) is 0.0916. The van der Waals surface area contributed by atoms with Gasteiger partial charge in [0.1, 0.15) is 17.3 Å². The van der Waals surface area contributed by atoms with Crippen LogP contribution in [0.1, 0.15) is 48.2 Å². The first-order valence-electron chi connectivity index (χ1n) is 10.8. The first-order chi connectivity index (χ1) is 15.8. The lowest BCUT2D eigenvalue weighted by molar-refractivity contribution is -0.130. The van der Waals surface area contributed by atoms with E-state index >= 15 is 0 Å². The Bertz CT molecular complexity index is 1120. The average Bonchev–Trinajstić information content (AvgIpc) is 3.06. The molecular weight excluding hydrogens is 446 g/mol. The van der Waals surface area contributed by atoms with E-state index in [2.05, 4.69) is 15.3 Å². The Labute approximate surface area is 192 Å². The predicted octanol–water partition coefficient (Wildman–Crippen LogP) is 1.32. The summed E-state index contributed by atoms with van der Waals surface area (Å²) >= 11 is 0. The summed E-state index contributed by atoms with van der Waals surface area (Å²) < 4.78 is 25.5. The lowest BCUT2D eigenvalue weighted by Gasteiger charge is -2.22. The van der Waals surface area contributed by atoms with Gasteiger partial charge in [-0.05, 0) is 44.5 Å². The SMILES string of the molecule is CCN(CC)C(=O)CCCNC(=O)c1cccc(C2N(c3ccccn3)C(=O)CS2(=O)=O)n1. The van der Waals surface area contributed by atoms with Gasteiger partial charge in [-0.15, -0.1) is 0 Å². The molecule has 1 saturated heterocycles. The fourth-order valence-electron chi connectivity index (χ4n) is 3.65. The van der Waals surface area contributed by atoms with Crippen LogP contribution in [-0.2, 0) is 19.4 Å². The Hall–Kier alpha value is -3.34. The van der Waals surface area contributed by atoms with Crippen molar-refractivity contribution < 1.29 is 22.8 Å². The van der Waals surface area contributed by atoms with E-state index < -0.39 is 32.8 Å². The maximum absolute atomic E-state index is 12.8. The third-order valence-electron chi connectivity index (χ3n) is 5.29. The lowest BCUT2D eigenvalue weighted by atomic mass is 10.2. The van der Waals surface area contributed by atoms with Crippen molar-refractivity contribution >= 4 is 33.4 Å². The second-order valence-electron chi connectivity index (χ2n) is 7.48. The molecule has 1 atom stereocenters. The van der Waals surface area contributed by atoms with E-state index in [0.29, 0.717) is 25.9 Å². The molecule has 1 N–H and O–H groups in total. The van der Waals surface area contributed by atoms with Crippen molar-refractivity contribution in [2.75, 3.05) is 30.3 Å². The highest BCUT2D eigenvalue weighted by Crippen LogP contribution is 2.35. The highest BCUT2D eigenvalue weighted by molar-refractivity contribution is 7.93. The summed E-state index contributed by atoms with van der Waals surface area (Å²) in [6.07, 6.45) is 2.25. The average molecular weight is 474 g/mol.